The van der Waals surface area contributed by atoms with E-state index in [4.69, 9.17) is 20.8 Å². The number of pyridine rings is 1. The van der Waals surface area contributed by atoms with Crippen molar-refractivity contribution in [1.82, 2.24) is 10.3 Å². The quantitative estimate of drug-likeness (QED) is 0.547. The molecule has 0 spiro atoms. The zero-order valence-electron chi connectivity index (χ0n) is 18.8. The molecular formula is C24H26FN3O4. The molecule has 8 heteroatoms. The monoisotopic (exact) mass is 439 g/mol. The smallest absolute Gasteiger partial charge is 0.255 e. The minimum Gasteiger partial charge on any atom is -0.508 e. The molecule has 3 rings (SSSR count). The minimum atomic E-state index is -1.54. The topological polar surface area (TPSA) is 74.0 Å². The van der Waals surface area contributed by atoms with Crippen molar-refractivity contribution in [2.45, 2.75) is 45.0 Å². The fraction of sp³-hybridized carbons (Fsp3) is 0.458. The number of halogens is 1. The van der Waals surface area contributed by atoms with Gasteiger partial charge in [-0.1, -0.05) is 18.8 Å². The van der Waals surface area contributed by atoms with Gasteiger partial charge >= 0.3 is 0 Å². The van der Waals surface area contributed by atoms with Crippen molar-refractivity contribution in [2.24, 2.45) is 5.92 Å². The van der Waals surface area contributed by atoms with E-state index in [0.717, 1.165) is 0 Å². The van der Waals surface area contributed by atoms with Gasteiger partial charge in [-0.15, -0.1) is 0 Å². The first-order chi connectivity index (χ1) is 15.2. The number of carbonyl (C=O) groups excluding carboxylic acids is 1. The summed E-state index contributed by atoms with van der Waals surface area (Å²) in [6, 6.07) is 2.91. The summed E-state index contributed by atoms with van der Waals surface area (Å²) >= 11 is 0. The molecule has 0 bridgehead atoms. The zero-order chi connectivity index (χ0) is 23.5. The van der Waals surface area contributed by atoms with E-state index in [1.54, 1.807) is 25.4 Å². The number of amides is 1. The average Bonchev–Trinajstić information content (AvgIpc) is 3.07. The number of carbonyl (C=O) groups is 1. The van der Waals surface area contributed by atoms with Gasteiger partial charge in [0.2, 0.25) is 11.6 Å². The highest BCUT2D eigenvalue weighted by atomic mass is 19.1. The van der Waals surface area contributed by atoms with Crippen LogP contribution in [0.15, 0.2) is 18.3 Å². The number of aromatic nitrogens is 1. The molecule has 1 aromatic carbocycles. The molecule has 1 aliphatic heterocycles. The summed E-state index contributed by atoms with van der Waals surface area (Å²) in [6.07, 6.45) is 0.536. The predicted molar refractivity (Wildman–Crippen MR) is 119 cm³/mol. The Balaban J connectivity index is 2.03. The van der Waals surface area contributed by atoms with Gasteiger partial charge < -0.3 is 19.5 Å². The molecule has 1 N–H and O–H groups in total. The van der Waals surface area contributed by atoms with Crippen molar-refractivity contribution in [3.8, 4) is 23.5 Å². The van der Waals surface area contributed by atoms with Crippen LogP contribution >= 0.6 is 0 Å². The molecule has 2 aromatic rings. The molecular weight excluding hydrogens is 413 g/mol. The third-order valence-electron chi connectivity index (χ3n) is 5.62. The summed E-state index contributed by atoms with van der Waals surface area (Å²) in [6.45, 7) is 13.1. The average molecular weight is 439 g/mol. The molecule has 3 atom stereocenters. The minimum absolute atomic E-state index is 0.0708. The molecule has 0 radical (unpaired) electrons. The normalized spacial score (nSPS) is 20.3. The largest absolute Gasteiger partial charge is 0.508 e. The lowest BCUT2D eigenvalue weighted by molar-refractivity contribution is -0.123. The number of methoxy groups -OCH3 is 2. The lowest BCUT2D eigenvalue weighted by atomic mass is 9.97. The molecule has 2 heterocycles. The molecule has 1 saturated heterocycles. The fourth-order valence-corrected chi connectivity index (χ4v) is 3.56. The Morgan fingerprint density at radius 2 is 2.06 bits per heavy atom. The number of rotatable bonds is 6. The van der Waals surface area contributed by atoms with Crippen molar-refractivity contribution in [3.05, 3.63) is 35.3 Å². The van der Waals surface area contributed by atoms with E-state index in [9.17, 15) is 9.18 Å². The van der Waals surface area contributed by atoms with Crippen LogP contribution in [-0.2, 0) is 9.53 Å². The molecule has 0 unspecified atom stereocenters. The first-order valence-corrected chi connectivity index (χ1v) is 10.3. The van der Waals surface area contributed by atoms with Gasteiger partial charge in [0.05, 0.1) is 19.7 Å². The van der Waals surface area contributed by atoms with E-state index in [-0.39, 0.29) is 12.5 Å². The predicted octanol–water partition coefficient (Wildman–Crippen LogP) is 3.81. The number of hydrogen-bond acceptors (Lipinski definition) is 5. The van der Waals surface area contributed by atoms with Gasteiger partial charge in [0.25, 0.3) is 5.91 Å². The van der Waals surface area contributed by atoms with Crippen LogP contribution in [0.3, 0.4) is 0 Å². The van der Waals surface area contributed by atoms with Crippen LogP contribution in [0.2, 0.25) is 0 Å². The molecule has 0 aliphatic carbocycles. The molecule has 168 valence electrons. The molecule has 1 amide bonds. The van der Waals surface area contributed by atoms with Crippen LogP contribution < -0.4 is 14.8 Å². The van der Waals surface area contributed by atoms with Gasteiger partial charge in [0, 0.05) is 30.2 Å². The third kappa shape index (κ3) is 4.61. The van der Waals surface area contributed by atoms with Crippen molar-refractivity contribution in [3.63, 3.8) is 0 Å². The zero-order valence-corrected chi connectivity index (χ0v) is 18.8. The summed E-state index contributed by atoms with van der Waals surface area (Å²) in [5, 5.41) is 3.93. The number of fused-ring (bicyclic) bond motifs is 1. The van der Waals surface area contributed by atoms with Gasteiger partial charge in [-0.25, -0.2) is 14.2 Å². The van der Waals surface area contributed by atoms with Crippen LogP contribution in [0.1, 0.15) is 32.8 Å². The Bertz CT molecular complexity index is 1130. The summed E-state index contributed by atoms with van der Waals surface area (Å²) in [7, 11) is 3.06. The number of alkyl halides is 1. The number of nitrogens with zero attached hydrogens (tertiary/aromatic N) is 2. The van der Waals surface area contributed by atoms with E-state index in [1.165, 1.54) is 7.11 Å². The third-order valence-corrected chi connectivity index (χ3v) is 5.62. The van der Waals surface area contributed by atoms with E-state index in [2.05, 4.69) is 27.0 Å². The van der Waals surface area contributed by atoms with E-state index >= 15 is 0 Å². The summed E-state index contributed by atoms with van der Waals surface area (Å²) < 4.78 is 30.7. The van der Waals surface area contributed by atoms with Gasteiger partial charge in [0.1, 0.15) is 18.0 Å². The van der Waals surface area contributed by atoms with Crippen LogP contribution in [0, 0.1) is 24.3 Å². The fourth-order valence-electron chi connectivity index (χ4n) is 3.56. The summed E-state index contributed by atoms with van der Waals surface area (Å²) in [5.41, 5.74) is 0.282. The van der Waals surface area contributed by atoms with Crippen LogP contribution in [0.5, 0.6) is 11.6 Å². The Kier molecular flexibility index (Phi) is 6.86. The van der Waals surface area contributed by atoms with Gasteiger partial charge in [0.15, 0.2) is 6.17 Å². The van der Waals surface area contributed by atoms with Crippen LogP contribution in [0.25, 0.3) is 15.6 Å². The van der Waals surface area contributed by atoms with Crippen LogP contribution in [-0.4, -0.2) is 49.5 Å². The van der Waals surface area contributed by atoms with Gasteiger partial charge in [-0.05, 0) is 37.8 Å². The second-order valence-electron chi connectivity index (χ2n) is 8.02. The molecule has 7 nitrogen and oxygen atoms in total. The second kappa shape index (κ2) is 9.42. The lowest BCUT2D eigenvalue weighted by Crippen LogP contribution is -2.34. The molecule has 1 aliphatic rings. The summed E-state index contributed by atoms with van der Waals surface area (Å²) in [4.78, 5) is 19.7. The van der Waals surface area contributed by atoms with Gasteiger partial charge in [-0.3, -0.25) is 4.79 Å². The highest BCUT2D eigenvalue weighted by Crippen LogP contribution is 2.37. The molecule has 32 heavy (non-hydrogen) atoms. The van der Waals surface area contributed by atoms with Crippen molar-refractivity contribution in [1.29, 1.82) is 0 Å². The SMILES string of the molecule is [C-]#[N+]c1cc2c(C#CC(C)(C)OC)cnc(OC[C@H]3NC(=O)[C@@H](F)[C@H]3CC)c2cc1OC. The van der Waals surface area contributed by atoms with E-state index in [1.807, 2.05) is 20.8 Å². The molecule has 1 aromatic heterocycles. The standard InChI is InChI=1S/C24H26FN3O4/c1-7-15-19(28-22(29)21(15)25)13-32-23-17-11-20(30-5)18(26-4)10-16(17)14(12-27-23)8-9-24(2,3)31-6/h10-12,15,19,21H,7,13H2,1-3,5-6H3,(H,28,29)/t15-,19+,21-/m0/s1. The highest BCUT2D eigenvalue weighted by molar-refractivity contribution is 5.96. The van der Waals surface area contributed by atoms with E-state index < -0.39 is 29.6 Å². The Labute approximate surface area is 187 Å². The number of benzene rings is 1. The van der Waals surface area contributed by atoms with Crippen molar-refractivity contribution >= 4 is 22.4 Å². The van der Waals surface area contributed by atoms with Crippen molar-refractivity contribution in [2.75, 3.05) is 20.8 Å². The van der Waals surface area contributed by atoms with Gasteiger partial charge in [-0.2, -0.15) is 0 Å². The van der Waals surface area contributed by atoms with E-state index in [0.29, 0.717) is 34.2 Å². The first kappa shape index (κ1) is 23.3. The lowest BCUT2D eigenvalue weighted by Gasteiger charge is -2.19. The maximum Gasteiger partial charge on any atom is 0.255 e. The maximum absolute atomic E-state index is 14.1. The number of ether oxygens (including phenoxy) is 3. The summed E-state index contributed by atoms with van der Waals surface area (Å²) in [5.74, 6) is 5.73. The highest BCUT2D eigenvalue weighted by Gasteiger charge is 2.41. The first-order valence-electron chi connectivity index (χ1n) is 10.3. The second-order valence-corrected chi connectivity index (χ2v) is 8.02. The Hall–Kier alpha value is -3.36. The Morgan fingerprint density at radius 1 is 1.31 bits per heavy atom. The molecule has 0 saturated carbocycles. The molecule has 1 fully saturated rings. The Morgan fingerprint density at radius 3 is 2.69 bits per heavy atom. The van der Waals surface area contributed by atoms with Crippen molar-refractivity contribution < 1.29 is 23.4 Å². The maximum atomic E-state index is 14.1. The van der Waals surface area contributed by atoms with Crippen LogP contribution in [0.4, 0.5) is 10.1 Å². The number of nitrogens with one attached hydrogen (secondary N) is 1. The number of hydrogen-bond donors (Lipinski definition) is 1.